The molecule has 0 aromatic carbocycles. The van der Waals surface area contributed by atoms with Gasteiger partial charge >= 0.3 is 5.97 Å². The van der Waals surface area contributed by atoms with Crippen LogP contribution in [0, 0.1) is 11.8 Å². The first-order valence-electron chi connectivity index (χ1n) is 4.48. The first-order chi connectivity index (χ1) is 5.83. The summed E-state index contributed by atoms with van der Waals surface area (Å²) in [5.41, 5.74) is 0. The minimum Gasteiger partial charge on any atom is -0.462 e. The molecule has 0 amide bonds. The largest absolute Gasteiger partial charge is 0.462 e. The van der Waals surface area contributed by atoms with Crippen LogP contribution in [0.4, 0.5) is 0 Å². The standard InChI is InChI=1S/C10H14O2/c1-2-3-4-5-6-9-7-8-10(11)12-9/h9H,2,5-8H2,1H3. The van der Waals surface area contributed by atoms with Gasteiger partial charge in [-0.3, -0.25) is 4.79 Å². The fourth-order valence-electron chi connectivity index (χ4n) is 1.23. The van der Waals surface area contributed by atoms with Gasteiger partial charge in [-0.2, -0.15) is 0 Å². The van der Waals surface area contributed by atoms with Crippen molar-refractivity contribution in [1.29, 1.82) is 0 Å². The van der Waals surface area contributed by atoms with E-state index < -0.39 is 0 Å². The van der Waals surface area contributed by atoms with E-state index in [9.17, 15) is 4.79 Å². The Morgan fingerprint density at radius 1 is 1.58 bits per heavy atom. The van der Waals surface area contributed by atoms with Gasteiger partial charge in [-0.1, -0.05) is 6.92 Å². The van der Waals surface area contributed by atoms with Crippen LogP contribution in [0.15, 0.2) is 0 Å². The van der Waals surface area contributed by atoms with Crippen molar-refractivity contribution in [3.63, 3.8) is 0 Å². The maximum Gasteiger partial charge on any atom is 0.306 e. The molecule has 0 aromatic rings. The van der Waals surface area contributed by atoms with Crippen LogP contribution in [0.5, 0.6) is 0 Å². The summed E-state index contributed by atoms with van der Waals surface area (Å²) >= 11 is 0. The summed E-state index contributed by atoms with van der Waals surface area (Å²) in [6, 6.07) is 0. The lowest BCUT2D eigenvalue weighted by Gasteiger charge is -2.04. The van der Waals surface area contributed by atoms with Crippen molar-refractivity contribution in [3.05, 3.63) is 0 Å². The molecule has 1 rings (SSSR count). The van der Waals surface area contributed by atoms with Gasteiger partial charge in [0.15, 0.2) is 0 Å². The maximum absolute atomic E-state index is 10.7. The van der Waals surface area contributed by atoms with Gasteiger partial charge in [0.1, 0.15) is 6.10 Å². The molecule has 0 spiro atoms. The van der Waals surface area contributed by atoms with E-state index in [2.05, 4.69) is 11.8 Å². The van der Waals surface area contributed by atoms with Crippen molar-refractivity contribution < 1.29 is 9.53 Å². The molecule has 0 aromatic heterocycles. The minimum absolute atomic E-state index is 0.0524. The summed E-state index contributed by atoms with van der Waals surface area (Å²) in [5.74, 6) is 5.98. The second kappa shape index (κ2) is 4.82. The molecule has 1 aliphatic heterocycles. The molecule has 66 valence electrons. The average molecular weight is 166 g/mol. The fraction of sp³-hybridized carbons (Fsp3) is 0.700. The Balaban J connectivity index is 2.12. The lowest BCUT2D eigenvalue weighted by atomic mass is 10.1. The lowest BCUT2D eigenvalue weighted by Crippen LogP contribution is -2.05. The molecule has 0 radical (unpaired) electrons. The number of carbonyl (C=O) groups excluding carboxylic acids is 1. The number of cyclic esters (lactones) is 1. The number of carbonyl (C=O) groups is 1. The Hall–Kier alpha value is -0.970. The zero-order valence-corrected chi connectivity index (χ0v) is 7.43. The first-order valence-corrected chi connectivity index (χ1v) is 4.48. The van der Waals surface area contributed by atoms with Crippen molar-refractivity contribution in [2.75, 3.05) is 0 Å². The van der Waals surface area contributed by atoms with Crippen molar-refractivity contribution in [2.24, 2.45) is 0 Å². The summed E-state index contributed by atoms with van der Waals surface area (Å²) in [6.07, 6.45) is 4.27. The number of esters is 1. The van der Waals surface area contributed by atoms with Crippen LogP contribution >= 0.6 is 0 Å². The van der Waals surface area contributed by atoms with E-state index in [1.165, 1.54) is 0 Å². The molecular weight excluding hydrogens is 152 g/mol. The van der Waals surface area contributed by atoms with Gasteiger partial charge in [0.25, 0.3) is 0 Å². The van der Waals surface area contributed by atoms with Gasteiger partial charge in [-0.25, -0.2) is 0 Å². The molecular formula is C10H14O2. The van der Waals surface area contributed by atoms with E-state index in [0.29, 0.717) is 6.42 Å². The molecule has 0 aliphatic carbocycles. The van der Waals surface area contributed by atoms with Crippen LogP contribution in [0.3, 0.4) is 0 Å². The Morgan fingerprint density at radius 2 is 2.42 bits per heavy atom. The van der Waals surface area contributed by atoms with Crippen LogP contribution in [0.2, 0.25) is 0 Å². The summed E-state index contributed by atoms with van der Waals surface area (Å²) in [7, 11) is 0. The third-order valence-electron chi connectivity index (χ3n) is 1.86. The summed E-state index contributed by atoms with van der Waals surface area (Å²) in [5, 5.41) is 0. The SMILES string of the molecule is CCC#CCCC1CCC(=O)O1. The zero-order chi connectivity index (χ0) is 8.81. The van der Waals surface area contributed by atoms with E-state index in [0.717, 1.165) is 25.7 Å². The molecule has 0 saturated carbocycles. The van der Waals surface area contributed by atoms with E-state index in [4.69, 9.17) is 4.74 Å². The predicted octanol–water partition coefficient (Wildman–Crippen LogP) is 1.89. The predicted molar refractivity (Wildman–Crippen MR) is 46.4 cm³/mol. The highest BCUT2D eigenvalue weighted by molar-refractivity contribution is 5.71. The summed E-state index contributed by atoms with van der Waals surface area (Å²) < 4.78 is 5.03. The van der Waals surface area contributed by atoms with Gasteiger partial charge in [0, 0.05) is 19.3 Å². The van der Waals surface area contributed by atoms with Gasteiger partial charge in [-0.15, -0.1) is 11.8 Å². The second-order valence-corrected chi connectivity index (χ2v) is 2.90. The Bertz CT molecular complexity index is 210. The zero-order valence-electron chi connectivity index (χ0n) is 7.43. The summed E-state index contributed by atoms with van der Waals surface area (Å²) in [4.78, 5) is 10.7. The highest BCUT2D eigenvalue weighted by Crippen LogP contribution is 2.17. The lowest BCUT2D eigenvalue weighted by molar-refractivity contribution is -0.141. The van der Waals surface area contributed by atoms with E-state index in [1.807, 2.05) is 6.92 Å². The highest BCUT2D eigenvalue weighted by atomic mass is 16.5. The van der Waals surface area contributed by atoms with Crippen LogP contribution in [0.1, 0.15) is 39.0 Å². The molecule has 0 bridgehead atoms. The average Bonchev–Trinajstić information content (AvgIpc) is 2.45. The number of hydrogen-bond donors (Lipinski definition) is 0. The van der Waals surface area contributed by atoms with Crippen LogP contribution in [-0.4, -0.2) is 12.1 Å². The van der Waals surface area contributed by atoms with E-state index in [-0.39, 0.29) is 12.1 Å². The number of ether oxygens (including phenoxy) is 1. The van der Waals surface area contributed by atoms with Gasteiger partial charge in [0.2, 0.25) is 0 Å². The monoisotopic (exact) mass is 166 g/mol. The molecule has 1 atom stereocenters. The molecule has 1 fully saturated rings. The molecule has 1 heterocycles. The summed E-state index contributed by atoms with van der Waals surface area (Å²) in [6.45, 7) is 2.03. The third-order valence-corrected chi connectivity index (χ3v) is 1.86. The van der Waals surface area contributed by atoms with Crippen LogP contribution < -0.4 is 0 Å². The smallest absolute Gasteiger partial charge is 0.306 e. The molecule has 0 N–H and O–H groups in total. The highest BCUT2D eigenvalue weighted by Gasteiger charge is 2.21. The van der Waals surface area contributed by atoms with Crippen molar-refractivity contribution in [1.82, 2.24) is 0 Å². The van der Waals surface area contributed by atoms with E-state index in [1.54, 1.807) is 0 Å². The fourth-order valence-corrected chi connectivity index (χ4v) is 1.23. The molecule has 2 nitrogen and oxygen atoms in total. The second-order valence-electron chi connectivity index (χ2n) is 2.90. The Kier molecular flexibility index (Phi) is 3.66. The minimum atomic E-state index is -0.0524. The van der Waals surface area contributed by atoms with Gasteiger partial charge < -0.3 is 4.74 Å². The number of rotatable bonds is 2. The first kappa shape index (κ1) is 9.12. The third kappa shape index (κ3) is 2.96. The Labute approximate surface area is 73.3 Å². The quantitative estimate of drug-likeness (QED) is 0.462. The molecule has 1 unspecified atom stereocenters. The van der Waals surface area contributed by atoms with Gasteiger partial charge in [0.05, 0.1) is 0 Å². The van der Waals surface area contributed by atoms with Crippen LogP contribution in [-0.2, 0) is 9.53 Å². The van der Waals surface area contributed by atoms with E-state index >= 15 is 0 Å². The van der Waals surface area contributed by atoms with Crippen molar-refractivity contribution in [2.45, 2.75) is 45.1 Å². The molecule has 12 heavy (non-hydrogen) atoms. The van der Waals surface area contributed by atoms with Crippen molar-refractivity contribution in [3.8, 4) is 11.8 Å². The van der Waals surface area contributed by atoms with Gasteiger partial charge in [-0.05, 0) is 12.8 Å². The Morgan fingerprint density at radius 3 is 3.00 bits per heavy atom. The van der Waals surface area contributed by atoms with Crippen molar-refractivity contribution >= 4 is 5.97 Å². The van der Waals surface area contributed by atoms with Crippen LogP contribution in [0.25, 0.3) is 0 Å². The normalized spacial score (nSPS) is 21.4. The molecule has 1 aliphatic rings. The topological polar surface area (TPSA) is 26.3 Å². The molecule has 2 heteroatoms. The maximum atomic E-state index is 10.7. The molecule has 1 saturated heterocycles. The number of hydrogen-bond acceptors (Lipinski definition) is 2.